The number of phenolic OH excluding ortho intramolecular Hbond substituents is 4. The molecule has 10 heteroatoms. The van der Waals surface area contributed by atoms with Crippen LogP contribution < -0.4 is 0 Å². The van der Waals surface area contributed by atoms with Crippen LogP contribution in [0.15, 0.2) is 36.4 Å². The van der Waals surface area contributed by atoms with Crippen molar-refractivity contribution in [3.05, 3.63) is 46.4 Å². The number of aromatic nitrogens is 4. The van der Waals surface area contributed by atoms with E-state index in [0.29, 0.717) is 37.6 Å². The molecule has 0 saturated carbocycles. The maximum atomic E-state index is 9.94. The van der Waals surface area contributed by atoms with Gasteiger partial charge in [0.2, 0.25) is 0 Å². The van der Waals surface area contributed by atoms with E-state index in [9.17, 15) is 20.4 Å². The first-order valence-electron chi connectivity index (χ1n) is 7.69. The van der Waals surface area contributed by atoms with E-state index in [0.717, 1.165) is 0 Å². The Balaban J connectivity index is 1.55. The third kappa shape index (κ3) is 3.52. The highest BCUT2D eigenvalue weighted by molar-refractivity contribution is 7.16. The van der Waals surface area contributed by atoms with E-state index in [1.807, 2.05) is 0 Å². The number of benzene rings is 2. The van der Waals surface area contributed by atoms with Crippen molar-refractivity contribution in [3.8, 4) is 44.1 Å². The van der Waals surface area contributed by atoms with Crippen LogP contribution in [-0.4, -0.2) is 40.8 Å². The van der Waals surface area contributed by atoms with E-state index in [-0.39, 0.29) is 23.0 Å². The highest BCUT2D eigenvalue weighted by Gasteiger charge is 2.15. The Labute approximate surface area is 160 Å². The average Bonchev–Trinajstić information content (AvgIpc) is 3.25. The summed E-state index contributed by atoms with van der Waals surface area (Å²) in [5, 5.41) is 57.5. The van der Waals surface area contributed by atoms with Crippen molar-refractivity contribution in [2.45, 2.75) is 6.42 Å². The van der Waals surface area contributed by atoms with Crippen LogP contribution in [-0.2, 0) is 6.42 Å². The molecular formula is C17H12N4O4S2. The minimum atomic E-state index is -0.0706. The fraction of sp³-hybridized carbons (Fsp3) is 0.0588. The molecule has 0 saturated heterocycles. The topological polar surface area (TPSA) is 132 Å². The first-order chi connectivity index (χ1) is 13.0. The van der Waals surface area contributed by atoms with Crippen LogP contribution >= 0.6 is 22.7 Å². The fourth-order valence-corrected chi connectivity index (χ4v) is 4.25. The van der Waals surface area contributed by atoms with Gasteiger partial charge in [-0.15, -0.1) is 20.4 Å². The summed E-state index contributed by atoms with van der Waals surface area (Å²) in [5.41, 5.74) is 0.979. The maximum Gasteiger partial charge on any atom is 0.151 e. The van der Waals surface area contributed by atoms with Crippen molar-refractivity contribution in [2.75, 3.05) is 0 Å². The largest absolute Gasteiger partial charge is 0.508 e. The summed E-state index contributed by atoms with van der Waals surface area (Å²) in [6.45, 7) is 0. The smallest absolute Gasteiger partial charge is 0.151 e. The minimum Gasteiger partial charge on any atom is -0.508 e. The molecule has 0 spiro atoms. The SMILES string of the molecule is Oc1ccc(-c2nnc(Cc3nnc(-c4ccc(O)cc4O)s3)s2)c(O)c1. The molecular weight excluding hydrogens is 388 g/mol. The second kappa shape index (κ2) is 6.82. The van der Waals surface area contributed by atoms with Crippen LogP contribution in [0.1, 0.15) is 10.0 Å². The monoisotopic (exact) mass is 400 g/mol. The Morgan fingerprint density at radius 1 is 0.630 bits per heavy atom. The molecule has 136 valence electrons. The maximum absolute atomic E-state index is 9.94. The number of nitrogens with zero attached hydrogens (tertiary/aromatic N) is 4. The third-order valence-electron chi connectivity index (χ3n) is 3.66. The highest BCUT2D eigenvalue weighted by atomic mass is 32.1. The van der Waals surface area contributed by atoms with Gasteiger partial charge in [-0.2, -0.15) is 0 Å². The van der Waals surface area contributed by atoms with Gasteiger partial charge in [-0.05, 0) is 24.3 Å². The Hall–Kier alpha value is -3.24. The zero-order valence-electron chi connectivity index (χ0n) is 13.6. The van der Waals surface area contributed by atoms with Gasteiger partial charge in [0, 0.05) is 12.1 Å². The fourth-order valence-electron chi connectivity index (χ4n) is 2.40. The lowest BCUT2D eigenvalue weighted by Gasteiger charge is -2.00. The standard InChI is InChI=1S/C17H12N4O4S2/c22-8-1-3-10(12(24)5-8)16-20-18-14(26-16)7-15-19-21-17(27-15)11-4-2-9(23)6-13(11)25/h1-6,22-25H,7H2. The molecule has 2 aromatic carbocycles. The molecule has 0 aliphatic rings. The molecule has 0 amide bonds. The number of aromatic hydroxyl groups is 4. The van der Waals surface area contributed by atoms with Gasteiger partial charge in [-0.25, -0.2) is 0 Å². The molecule has 4 aromatic rings. The summed E-state index contributed by atoms with van der Waals surface area (Å²) in [5.74, 6) is -0.197. The summed E-state index contributed by atoms with van der Waals surface area (Å²) >= 11 is 2.61. The molecule has 0 aliphatic carbocycles. The van der Waals surface area contributed by atoms with Gasteiger partial charge in [-0.1, -0.05) is 22.7 Å². The van der Waals surface area contributed by atoms with E-state index >= 15 is 0 Å². The van der Waals surface area contributed by atoms with Gasteiger partial charge >= 0.3 is 0 Å². The number of hydrogen-bond donors (Lipinski definition) is 4. The van der Waals surface area contributed by atoms with Gasteiger partial charge in [0.25, 0.3) is 0 Å². The van der Waals surface area contributed by atoms with Crippen LogP contribution in [0, 0.1) is 0 Å². The van der Waals surface area contributed by atoms with Gasteiger partial charge in [0.15, 0.2) is 10.0 Å². The lowest BCUT2D eigenvalue weighted by atomic mass is 10.2. The molecule has 2 aromatic heterocycles. The molecule has 4 rings (SSSR count). The normalized spacial score (nSPS) is 11.0. The lowest BCUT2D eigenvalue weighted by molar-refractivity contribution is 0.450. The molecule has 0 bridgehead atoms. The van der Waals surface area contributed by atoms with E-state index < -0.39 is 0 Å². The molecule has 8 nitrogen and oxygen atoms in total. The molecule has 27 heavy (non-hydrogen) atoms. The molecule has 0 unspecified atom stereocenters. The molecule has 2 heterocycles. The number of rotatable bonds is 4. The molecule has 4 N–H and O–H groups in total. The number of phenols is 4. The molecule has 0 fully saturated rings. The predicted molar refractivity (Wildman–Crippen MR) is 100 cm³/mol. The first kappa shape index (κ1) is 17.2. The average molecular weight is 400 g/mol. The summed E-state index contributed by atoms with van der Waals surface area (Å²) in [6, 6.07) is 8.58. The van der Waals surface area contributed by atoms with Crippen LogP contribution in [0.25, 0.3) is 21.1 Å². The van der Waals surface area contributed by atoms with Crippen molar-refractivity contribution < 1.29 is 20.4 Å². The quantitative estimate of drug-likeness (QED) is 0.411. The van der Waals surface area contributed by atoms with E-state index in [1.165, 1.54) is 46.9 Å². The summed E-state index contributed by atoms with van der Waals surface area (Å²) in [4.78, 5) is 0. The van der Waals surface area contributed by atoms with Crippen molar-refractivity contribution in [3.63, 3.8) is 0 Å². The summed E-state index contributed by atoms with van der Waals surface area (Å²) in [7, 11) is 0. The Morgan fingerprint density at radius 2 is 1.07 bits per heavy atom. The van der Waals surface area contributed by atoms with Crippen LogP contribution in [0.2, 0.25) is 0 Å². The van der Waals surface area contributed by atoms with Crippen molar-refractivity contribution >= 4 is 22.7 Å². The Kier molecular flexibility index (Phi) is 4.34. The van der Waals surface area contributed by atoms with Crippen LogP contribution in [0.5, 0.6) is 23.0 Å². The predicted octanol–water partition coefficient (Wildman–Crippen LogP) is 3.14. The molecule has 0 radical (unpaired) electrons. The van der Waals surface area contributed by atoms with E-state index in [4.69, 9.17) is 0 Å². The second-order valence-electron chi connectivity index (χ2n) is 5.58. The third-order valence-corrected chi connectivity index (χ3v) is 5.57. The zero-order chi connectivity index (χ0) is 19.0. The van der Waals surface area contributed by atoms with Gasteiger partial charge in [-0.3, -0.25) is 0 Å². The van der Waals surface area contributed by atoms with Crippen molar-refractivity contribution in [1.82, 2.24) is 20.4 Å². The zero-order valence-corrected chi connectivity index (χ0v) is 15.2. The lowest BCUT2D eigenvalue weighted by Crippen LogP contribution is -1.86. The van der Waals surface area contributed by atoms with Crippen molar-refractivity contribution in [2.24, 2.45) is 0 Å². The van der Waals surface area contributed by atoms with Gasteiger partial charge < -0.3 is 20.4 Å². The minimum absolute atomic E-state index is 0.0279. The van der Waals surface area contributed by atoms with Gasteiger partial charge in [0.05, 0.1) is 17.5 Å². The second-order valence-corrected chi connectivity index (χ2v) is 7.71. The number of hydrogen-bond acceptors (Lipinski definition) is 10. The van der Waals surface area contributed by atoms with E-state index in [1.54, 1.807) is 12.1 Å². The van der Waals surface area contributed by atoms with Crippen LogP contribution in [0.4, 0.5) is 0 Å². The van der Waals surface area contributed by atoms with Gasteiger partial charge in [0.1, 0.15) is 33.0 Å². The van der Waals surface area contributed by atoms with Crippen molar-refractivity contribution in [1.29, 1.82) is 0 Å². The van der Waals surface area contributed by atoms with Crippen LogP contribution in [0.3, 0.4) is 0 Å². The molecule has 0 aliphatic heterocycles. The Bertz CT molecular complexity index is 1040. The summed E-state index contributed by atoms with van der Waals surface area (Å²) < 4.78 is 0. The Morgan fingerprint density at radius 3 is 1.48 bits per heavy atom. The highest BCUT2D eigenvalue weighted by Crippen LogP contribution is 2.36. The van der Waals surface area contributed by atoms with E-state index in [2.05, 4.69) is 20.4 Å². The molecule has 0 atom stereocenters. The first-order valence-corrected chi connectivity index (χ1v) is 9.32. The summed E-state index contributed by atoms with van der Waals surface area (Å²) in [6.07, 6.45) is 0.410.